The number of hydrogen-bond acceptors (Lipinski definition) is 3. The maximum absolute atomic E-state index is 12.5. The predicted octanol–water partition coefficient (Wildman–Crippen LogP) is 3.82. The molecule has 0 bridgehead atoms. The van der Waals surface area contributed by atoms with Crippen molar-refractivity contribution in [3.63, 3.8) is 0 Å². The first-order valence-electron chi connectivity index (χ1n) is 8.41. The molecule has 2 atom stereocenters. The summed E-state index contributed by atoms with van der Waals surface area (Å²) in [5, 5.41) is 3.02. The van der Waals surface area contributed by atoms with Crippen molar-refractivity contribution in [1.29, 1.82) is 0 Å². The number of rotatable bonds is 5. The minimum Gasteiger partial charge on any atom is -0.354 e. The van der Waals surface area contributed by atoms with Crippen molar-refractivity contribution < 1.29 is 4.79 Å². The molecular formula is C20H24N2OS. The molecule has 3 nitrogen and oxygen atoms in total. The van der Waals surface area contributed by atoms with Crippen molar-refractivity contribution in [1.82, 2.24) is 5.32 Å². The third-order valence-electron chi connectivity index (χ3n) is 4.54. The van der Waals surface area contributed by atoms with Gasteiger partial charge < -0.3 is 11.1 Å². The average Bonchev–Trinajstić information content (AvgIpc) is 3.03. The zero-order valence-electron chi connectivity index (χ0n) is 14.2. The molecule has 4 heteroatoms. The van der Waals surface area contributed by atoms with Gasteiger partial charge >= 0.3 is 0 Å². The van der Waals surface area contributed by atoms with E-state index in [-0.39, 0.29) is 17.9 Å². The highest BCUT2D eigenvalue weighted by molar-refractivity contribution is 7.99. The summed E-state index contributed by atoms with van der Waals surface area (Å²) in [6, 6.07) is 16.3. The topological polar surface area (TPSA) is 55.1 Å². The van der Waals surface area contributed by atoms with Gasteiger partial charge in [-0.3, -0.25) is 4.79 Å². The zero-order valence-corrected chi connectivity index (χ0v) is 15.0. The number of nitrogens with two attached hydrogens (primary N) is 1. The molecule has 1 aliphatic rings. The van der Waals surface area contributed by atoms with Gasteiger partial charge in [-0.05, 0) is 28.7 Å². The molecule has 0 radical (unpaired) electrons. The molecule has 0 aliphatic carbocycles. The van der Waals surface area contributed by atoms with E-state index in [1.165, 1.54) is 10.5 Å². The molecule has 3 N–H and O–H groups in total. The Labute approximate surface area is 148 Å². The molecule has 2 aromatic carbocycles. The van der Waals surface area contributed by atoms with Crippen LogP contribution in [0.15, 0.2) is 53.4 Å². The lowest BCUT2D eigenvalue weighted by molar-refractivity contribution is -0.122. The molecule has 2 aromatic rings. The van der Waals surface area contributed by atoms with Gasteiger partial charge in [0.1, 0.15) is 0 Å². The second-order valence-corrected chi connectivity index (χ2v) is 7.64. The smallest absolute Gasteiger partial charge is 0.228 e. The molecule has 1 heterocycles. The van der Waals surface area contributed by atoms with Crippen LogP contribution in [-0.2, 0) is 4.79 Å². The van der Waals surface area contributed by atoms with Gasteiger partial charge in [0, 0.05) is 23.2 Å². The largest absolute Gasteiger partial charge is 0.354 e. The summed E-state index contributed by atoms with van der Waals surface area (Å²) in [6.45, 7) is 4.81. The summed E-state index contributed by atoms with van der Waals surface area (Å²) >= 11 is 1.75. The molecule has 1 aliphatic heterocycles. The average molecular weight is 340 g/mol. The summed E-state index contributed by atoms with van der Waals surface area (Å²) in [6.07, 6.45) is 0. The highest BCUT2D eigenvalue weighted by Gasteiger charge is 2.28. The molecule has 0 fully saturated rings. The Morgan fingerprint density at radius 3 is 2.54 bits per heavy atom. The molecule has 24 heavy (non-hydrogen) atoms. The van der Waals surface area contributed by atoms with E-state index in [2.05, 4.69) is 49.5 Å². The number of amides is 1. The number of carbonyl (C=O) groups excluding carboxylic acids is 1. The molecule has 126 valence electrons. The van der Waals surface area contributed by atoms with Gasteiger partial charge in [-0.2, -0.15) is 0 Å². The lowest BCUT2D eigenvalue weighted by Crippen LogP contribution is -2.35. The van der Waals surface area contributed by atoms with Crippen LogP contribution in [0.4, 0.5) is 0 Å². The Balaban J connectivity index is 1.58. The van der Waals surface area contributed by atoms with Gasteiger partial charge in [0.15, 0.2) is 0 Å². The number of carbonyl (C=O) groups is 1. The fraction of sp³-hybridized carbons (Fsp3) is 0.350. The predicted molar refractivity (Wildman–Crippen MR) is 100 cm³/mol. The molecule has 3 rings (SSSR count). The van der Waals surface area contributed by atoms with Crippen molar-refractivity contribution in [2.45, 2.75) is 36.6 Å². The summed E-state index contributed by atoms with van der Waals surface area (Å²) < 4.78 is 0. The summed E-state index contributed by atoms with van der Waals surface area (Å²) in [5.74, 6) is 1.32. The molecule has 1 amide bonds. The fourth-order valence-corrected chi connectivity index (χ4v) is 4.19. The SMILES string of the molecule is CC(C)c1ccc(C(N)CNC(=O)C2CSc3ccccc32)cc1. The normalized spacial score (nSPS) is 17.6. The van der Waals surface area contributed by atoms with E-state index < -0.39 is 0 Å². The van der Waals surface area contributed by atoms with Crippen LogP contribution in [0, 0.1) is 0 Å². The quantitative estimate of drug-likeness (QED) is 0.870. The first kappa shape index (κ1) is 17.1. The second-order valence-electron chi connectivity index (χ2n) is 6.57. The van der Waals surface area contributed by atoms with Crippen molar-refractivity contribution in [3.05, 3.63) is 65.2 Å². The van der Waals surface area contributed by atoms with Crippen molar-refractivity contribution in [2.24, 2.45) is 5.73 Å². The Morgan fingerprint density at radius 1 is 1.17 bits per heavy atom. The number of thioether (sulfide) groups is 1. The molecule has 0 spiro atoms. The van der Waals surface area contributed by atoms with Crippen LogP contribution in [0.1, 0.15) is 48.4 Å². The minimum absolute atomic E-state index is 0.0679. The Morgan fingerprint density at radius 2 is 1.83 bits per heavy atom. The Bertz CT molecular complexity index is 712. The van der Waals surface area contributed by atoms with Crippen LogP contribution >= 0.6 is 11.8 Å². The van der Waals surface area contributed by atoms with E-state index in [4.69, 9.17) is 5.73 Å². The van der Waals surface area contributed by atoms with Gasteiger partial charge in [-0.1, -0.05) is 56.3 Å². The monoisotopic (exact) mass is 340 g/mol. The molecular weight excluding hydrogens is 316 g/mol. The van der Waals surface area contributed by atoms with E-state index >= 15 is 0 Å². The number of hydrogen-bond donors (Lipinski definition) is 2. The number of nitrogens with one attached hydrogen (secondary N) is 1. The van der Waals surface area contributed by atoms with Crippen LogP contribution in [0.2, 0.25) is 0 Å². The van der Waals surface area contributed by atoms with Gasteiger partial charge in [0.05, 0.1) is 5.92 Å². The highest BCUT2D eigenvalue weighted by Crippen LogP contribution is 2.39. The third kappa shape index (κ3) is 3.65. The first-order valence-corrected chi connectivity index (χ1v) is 9.39. The van der Waals surface area contributed by atoms with Gasteiger partial charge in [-0.15, -0.1) is 11.8 Å². The van der Waals surface area contributed by atoms with E-state index in [0.717, 1.165) is 16.9 Å². The van der Waals surface area contributed by atoms with Crippen molar-refractivity contribution in [2.75, 3.05) is 12.3 Å². The maximum atomic E-state index is 12.5. The fourth-order valence-electron chi connectivity index (χ4n) is 2.96. The first-order chi connectivity index (χ1) is 11.6. The summed E-state index contributed by atoms with van der Waals surface area (Å²) in [7, 11) is 0. The van der Waals surface area contributed by atoms with Crippen LogP contribution in [-0.4, -0.2) is 18.2 Å². The lowest BCUT2D eigenvalue weighted by Gasteiger charge is -2.17. The van der Waals surface area contributed by atoms with Gasteiger partial charge in [0.25, 0.3) is 0 Å². The maximum Gasteiger partial charge on any atom is 0.228 e. The summed E-state index contributed by atoms with van der Waals surface area (Å²) in [5.41, 5.74) is 9.73. The molecule has 0 saturated carbocycles. The standard InChI is InChI=1S/C20H24N2OS/c1-13(2)14-7-9-15(10-8-14)18(21)11-22-20(23)17-12-24-19-6-4-3-5-16(17)19/h3-10,13,17-18H,11-12,21H2,1-2H3,(H,22,23). The number of benzene rings is 2. The zero-order chi connectivity index (χ0) is 17.1. The van der Waals surface area contributed by atoms with Crippen LogP contribution in [0.5, 0.6) is 0 Å². The summed E-state index contributed by atoms with van der Waals surface area (Å²) in [4.78, 5) is 13.7. The van der Waals surface area contributed by atoms with Crippen molar-refractivity contribution in [3.8, 4) is 0 Å². The van der Waals surface area contributed by atoms with Gasteiger partial charge in [0.2, 0.25) is 5.91 Å². The number of fused-ring (bicyclic) bond motifs is 1. The van der Waals surface area contributed by atoms with E-state index in [9.17, 15) is 4.79 Å². The van der Waals surface area contributed by atoms with Crippen LogP contribution < -0.4 is 11.1 Å². The Hall–Kier alpha value is -1.78. The van der Waals surface area contributed by atoms with Crippen molar-refractivity contribution >= 4 is 17.7 Å². The minimum atomic E-state index is -0.181. The molecule has 0 aromatic heterocycles. The van der Waals surface area contributed by atoms with E-state index in [1.807, 2.05) is 18.2 Å². The van der Waals surface area contributed by atoms with E-state index in [0.29, 0.717) is 12.5 Å². The van der Waals surface area contributed by atoms with Crippen LogP contribution in [0.3, 0.4) is 0 Å². The van der Waals surface area contributed by atoms with Crippen LogP contribution in [0.25, 0.3) is 0 Å². The Kier molecular flexibility index (Phi) is 5.27. The molecule has 2 unspecified atom stereocenters. The highest BCUT2D eigenvalue weighted by atomic mass is 32.2. The van der Waals surface area contributed by atoms with Gasteiger partial charge in [-0.25, -0.2) is 0 Å². The lowest BCUT2D eigenvalue weighted by atomic mass is 9.98. The second kappa shape index (κ2) is 7.41. The molecule has 0 saturated heterocycles. The third-order valence-corrected chi connectivity index (χ3v) is 5.73. The van der Waals surface area contributed by atoms with E-state index in [1.54, 1.807) is 11.8 Å².